The zero-order chi connectivity index (χ0) is 10.2. The number of aryl methyl sites for hydroxylation is 1. The molecule has 1 N–H and O–H groups in total. The highest BCUT2D eigenvalue weighted by Crippen LogP contribution is 2.01. The summed E-state index contributed by atoms with van der Waals surface area (Å²) in [6.07, 6.45) is 1.83. The van der Waals surface area contributed by atoms with E-state index in [0.717, 1.165) is 19.4 Å². The van der Waals surface area contributed by atoms with Gasteiger partial charge < -0.3 is 14.6 Å². The van der Waals surface area contributed by atoms with Crippen LogP contribution in [0.5, 0.6) is 0 Å². The molecule has 0 unspecified atom stereocenters. The largest absolute Gasteiger partial charge is 0.374 e. The van der Waals surface area contributed by atoms with E-state index in [4.69, 9.17) is 9.26 Å². The van der Waals surface area contributed by atoms with Crippen LogP contribution in [-0.4, -0.2) is 30.3 Å². The minimum absolute atomic E-state index is 0.437. The second-order valence-corrected chi connectivity index (χ2v) is 2.95. The lowest BCUT2D eigenvalue weighted by Gasteiger charge is -1.94. The number of nitrogens with zero attached hydrogens (tertiary/aromatic N) is 2. The van der Waals surface area contributed by atoms with Crippen LogP contribution < -0.4 is 5.32 Å². The molecule has 5 nitrogen and oxygen atoms in total. The molecule has 80 valence electrons. The van der Waals surface area contributed by atoms with Gasteiger partial charge in [-0.1, -0.05) is 5.16 Å². The molecule has 0 saturated carbocycles. The maximum Gasteiger partial charge on any atom is 0.226 e. The summed E-state index contributed by atoms with van der Waals surface area (Å²) < 4.78 is 10.2. The molecule has 1 aromatic heterocycles. The van der Waals surface area contributed by atoms with E-state index in [1.165, 1.54) is 0 Å². The number of nitrogens with one attached hydrogen (secondary N) is 1. The molecule has 0 aliphatic heterocycles. The summed E-state index contributed by atoms with van der Waals surface area (Å²) in [5, 5.41) is 6.87. The number of ether oxygens (including phenoxy) is 1. The summed E-state index contributed by atoms with van der Waals surface area (Å²) in [5.41, 5.74) is 0. The molecule has 0 atom stereocenters. The number of hydrogen-bond acceptors (Lipinski definition) is 5. The highest BCUT2D eigenvalue weighted by Gasteiger charge is 2.04. The summed E-state index contributed by atoms with van der Waals surface area (Å²) in [6.45, 7) is 4.01. The Kier molecular flexibility index (Phi) is 5.17. The van der Waals surface area contributed by atoms with Crippen LogP contribution in [0.25, 0.3) is 0 Å². The number of hydrogen-bond donors (Lipinski definition) is 1. The van der Waals surface area contributed by atoms with E-state index in [9.17, 15) is 0 Å². The fourth-order valence-corrected chi connectivity index (χ4v) is 1.06. The first-order chi connectivity index (χ1) is 6.86. The molecule has 0 aliphatic carbocycles. The van der Waals surface area contributed by atoms with Crippen molar-refractivity contribution in [1.82, 2.24) is 15.5 Å². The van der Waals surface area contributed by atoms with E-state index < -0.39 is 0 Å². The Labute approximate surface area is 83.8 Å². The summed E-state index contributed by atoms with van der Waals surface area (Å²) in [4.78, 5) is 4.19. The zero-order valence-corrected chi connectivity index (χ0v) is 8.75. The van der Waals surface area contributed by atoms with E-state index in [2.05, 4.69) is 15.5 Å². The first-order valence-corrected chi connectivity index (χ1v) is 4.90. The fourth-order valence-electron chi connectivity index (χ4n) is 1.06. The molecule has 1 aromatic rings. The van der Waals surface area contributed by atoms with Gasteiger partial charge in [0.2, 0.25) is 5.89 Å². The van der Waals surface area contributed by atoms with Crippen molar-refractivity contribution in [1.29, 1.82) is 0 Å². The van der Waals surface area contributed by atoms with E-state index in [-0.39, 0.29) is 0 Å². The van der Waals surface area contributed by atoms with Crippen LogP contribution in [0.15, 0.2) is 4.52 Å². The maximum atomic E-state index is 5.16. The molecule has 1 rings (SSSR count). The first kappa shape index (κ1) is 11.1. The smallest absolute Gasteiger partial charge is 0.226 e. The Bertz CT molecular complexity index is 250. The second-order valence-electron chi connectivity index (χ2n) is 2.95. The summed E-state index contributed by atoms with van der Waals surface area (Å²) in [7, 11) is 1.92. The molecule has 1 heterocycles. The Morgan fingerprint density at radius 3 is 3.07 bits per heavy atom. The molecule has 0 spiro atoms. The second kappa shape index (κ2) is 6.50. The topological polar surface area (TPSA) is 60.2 Å². The predicted molar refractivity (Wildman–Crippen MR) is 51.9 cm³/mol. The van der Waals surface area contributed by atoms with Gasteiger partial charge >= 0.3 is 0 Å². The Balaban J connectivity index is 2.27. The van der Waals surface area contributed by atoms with Crippen molar-refractivity contribution in [2.24, 2.45) is 0 Å². The Hall–Kier alpha value is -0.940. The monoisotopic (exact) mass is 199 g/mol. The van der Waals surface area contributed by atoms with Crippen LogP contribution in [0.3, 0.4) is 0 Å². The van der Waals surface area contributed by atoms with Gasteiger partial charge in [-0.05, 0) is 26.9 Å². The molecule has 0 amide bonds. The van der Waals surface area contributed by atoms with Crippen molar-refractivity contribution in [3.63, 3.8) is 0 Å². The van der Waals surface area contributed by atoms with Crippen LogP contribution in [0, 0.1) is 0 Å². The van der Waals surface area contributed by atoms with Gasteiger partial charge in [0.15, 0.2) is 5.82 Å². The van der Waals surface area contributed by atoms with Gasteiger partial charge in [-0.2, -0.15) is 4.98 Å². The van der Waals surface area contributed by atoms with E-state index >= 15 is 0 Å². The Morgan fingerprint density at radius 1 is 1.50 bits per heavy atom. The molecular weight excluding hydrogens is 182 g/mol. The number of rotatable bonds is 7. The van der Waals surface area contributed by atoms with Crippen molar-refractivity contribution >= 4 is 0 Å². The zero-order valence-electron chi connectivity index (χ0n) is 8.75. The fraction of sp³-hybridized carbons (Fsp3) is 0.778. The first-order valence-electron chi connectivity index (χ1n) is 4.90. The molecule has 0 bridgehead atoms. The molecule has 5 heteroatoms. The van der Waals surface area contributed by atoms with Crippen molar-refractivity contribution in [2.45, 2.75) is 26.4 Å². The third-order valence-electron chi connectivity index (χ3n) is 1.76. The molecule has 0 fully saturated rings. The van der Waals surface area contributed by atoms with Gasteiger partial charge in [-0.3, -0.25) is 0 Å². The third kappa shape index (κ3) is 3.85. The third-order valence-corrected chi connectivity index (χ3v) is 1.76. The standard InChI is InChI=1S/C9H17N3O2/c1-3-13-7-8-11-9(14-12-8)5-4-6-10-2/h10H,3-7H2,1-2H3. The Morgan fingerprint density at radius 2 is 2.36 bits per heavy atom. The van der Waals surface area contributed by atoms with E-state index in [1.54, 1.807) is 0 Å². The van der Waals surface area contributed by atoms with E-state index in [1.807, 2.05) is 14.0 Å². The normalized spacial score (nSPS) is 10.7. The summed E-state index contributed by atoms with van der Waals surface area (Å²) >= 11 is 0. The summed E-state index contributed by atoms with van der Waals surface area (Å²) in [5.74, 6) is 1.32. The van der Waals surface area contributed by atoms with Crippen molar-refractivity contribution in [3.05, 3.63) is 11.7 Å². The van der Waals surface area contributed by atoms with Crippen molar-refractivity contribution < 1.29 is 9.26 Å². The molecular formula is C9H17N3O2. The lowest BCUT2D eigenvalue weighted by molar-refractivity contribution is 0.126. The minimum atomic E-state index is 0.437. The van der Waals surface area contributed by atoms with Crippen LogP contribution in [0.2, 0.25) is 0 Å². The van der Waals surface area contributed by atoms with Gasteiger partial charge in [0.25, 0.3) is 0 Å². The average Bonchev–Trinajstić information content (AvgIpc) is 2.63. The predicted octanol–water partition coefficient (Wildman–Crippen LogP) is 0.758. The maximum absolute atomic E-state index is 5.16. The molecule has 14 heavy (non-hydrogen) atoms. The molecule has 0 saturated heterocycles. The van der Waals surface area contributed by atoms with Crippen LogP contribution in [0.4, 0.5) is 0 Å². The minimum Gasteiger partial charge on any atom is -0.374 e. The number of aromatic nitrogens is 2. The molecule has 0 radical (unpaired) electrons. The van der Waals surface area contributed by atoms with Gasteiger partial charge in [0, 0.05) is 13.0 Å². The van der Waals surface area contributed by atoms with Gasteiger partial charge in [-0.25, -0.2) is 0 Å². The lowest BCUT2D eigenvalue weighted by atomic mass is 10.3. The van der Waals surface area contributed by atoms with Crippen LogP contribution >= 0.6 is 0 Å². The van der Waals surface area contributed by atoms with Crippen LogP contribution in [-0.2, 0) is 17.8 Å². The van der Waals surface area contributed by atoms with Gasteiger partial charge in [-0.15, -0.1) is 0 Å². The quantitative estimate of drug-likeness (QED) is 0.657. The van der Waals surface area contributed by atoms with Crippen molar-refractivity contribution in [3.8, 4) is 0 Å². The van der Waals surface area contributed by atoms with Gasteiger partial charge in [0.05, 0.1) is 0 Å². The highest BCUT2D eigenvalue weighted by molar-refractivity contribution is 4.84. The SMILES string of the molecule is CCOCc1noc(CCCNC)n1. The average molecular weight is 199 g/mol. The highest BCUT2D eigenvalue weighted by atomic mass is 16.5. The van der Waals surface area contributed by atoms with Crippen molar-refractivity contribution in [2.75, 3.05) is 20.2 Å². The van der Waals surface area contributed by atoms with Gasteiger partial charge in [0.1, 0.15) is 6.61 Å². The summed E-state index contributed by atoms with van der Waals surface area (Å²) in [6, 6.07) is 0. The van der Waals surface area contributed by atoms with E-state index in [0.29, 0.717) is 24.9 Å². The van der Waals surface area contributed by atoms with Crippen LogP contribution in [0.1, 0.15) is 25.1 Å². The molecule has 0 aliphatic rings. The molecule has 0 aromatic carbocycles. The lowest BCUT2D eigenvalue weighted by Crippen LogP contribution is -2.08.